The lowest BCUT2D eigenvalue weighted by Gasteiger charge is -2.26. The fraction of sp³-hybridized carbons (Fsp3) is 0.769. The maximum absolute atomic E-state index is 10.5. The van der Waals surface area contributed by atoms with Gasteiger partial charge in [-0.3, -0.25) is 4.68 Å². The third kappa shape index (κ3) is 2.84. The van der Waals surface area contributed by atoms with E-state index in [-0.39, 0.29) is 18.1 Å². The molecule has 18 heavy (non-hydrogen) atoms. The van der Waals surface area contributed by atoms with Crippen LogP contribution >= 0.6 is 0 Å². The summed E-state index contributed by atoms with van der Waals surface area (Å²) in [5.74, 6) is 0.795. The van der Waals surface area contributed by atoms with Crippen LogP contribution < -0.4 is 4.74 Å². The highest BCUT2D eigenvalue weighted by Crippen LogP contribution is 2.32. The van der Waals surface area contributed by atoms with Gasteiger partial charge in [-0.15, -0.1) is 0 Å². The van der Waals surface area contributed by atoms with Gasteiger partial charge in [0.05, 0.1) is 19.4 Å². The van der Waals surface area contributed by atoms with Gasteiger partial charge in [-0.25, -0.2) is 0 Å². The van der Waals surface area contributed by atoms with Crippen LogP contribution in [0.3, 0.4) is 0 Å². The quantitative estimate of drug-likeness (QED) is 0.847. The molecule has 104 valence electrons. The van der Waals surface area contributed by atoms with Crippen molar-refractivity contribution in [1.82, 2.24) is 9.78 Å². The number of ether oxygens (including phenoxy) is 2. The van der Waals surface area contributed by atoms with Gasteiger partial charge in [0, 0.05) is 13.2 Å². The highest BCUT2D eigenvalue weighted by atomic mass is 16.5. The Hall–Kier alpha value is -1.07. The minimum Gasteiger partial charge on any atom is -0.493 e. The first-order valence-electron chi connectivity index (χ1n) is 6.26. The largest absolute Gasteiger partial charge is 0.493 e. The van der Waals surface area contributed by atoms with Crippen molar-refractivity contribution in [3.8, 4) is 5.75 Å². The topological polar surface area (TPSA) is 56.5 Å². The molecule has 0 spiro atoms. The third-order valence-electron chi connectivity index (χ3n) is 3.03. The van der Waals surface area contributed by atoms with E-state index in [0.717, 1.165) is 0 Å². The molecule has 1 heterocycles. The van der Waals surface area contributed by atoms with Crippen LogP contribution in [0, 0.1) is 5.92 Å². The van der Waals surface area contributed by atoms with Crippen LogP contribution in [0.15, 0.2) is 6.20 Å². The van der Waals surface area contributed by atoms with Crippen LogP contribution in [0.25, 0.3) is 0 Å². The molecule has 0 radical (unpaired) electrons. The number of hydrogen-bond donors (Lipinski definition) is 1. The molecule has 5 heteroatoms. The van der Waals surface area contributed by atoms with Gasteiger partial charge in [-0.05, 0) is 19.8 Å². The van der Waals surface area contributed by atoms with Crippen molar-refractivity contribution in [2.45, 2.75) is 45.9 Å². The van der Waals surface area contributed by atoms with Crippen LogP contribution in [0.5, 0.6) is 5.75 Å². The molecule has 0 amide bonds. The molecule has 0 saturated heterocycles. The second-order valence-electron chi connectivity index (χ2n) is 5.03. The Morgan fingerprint density at radius 2 is 1.83 bits per heavy atom. The summed E-state index contributed by atoms with van der Waals surface area (Å²) in [6, 6.07) is 0.156. The minimum atomic E-state index is -0.755. The molecule has 0 bridgehead atoms. The Morgan fingerprint density at radius 1 is 1.22 bits per heavy atom. The SMILES string of the molecule is COc1cnn(C(C)C)c1C(O)C(OC)C(C)C. The van der Waals surface area contributed by atoms with Crippen LogP contribution in [-0.4, -0.2) is 35.2 Å². The van der Waals surface area contributed by atoms with Crippen molar-refractivity contribution in [2.75, 3.05) is 14.2 Å². The summed E-state index contributed by atoms with van der Waals surface area (Å²) in [7, 11) is 3.19. The van der Waals surface area contributed by atoms with Gasteiger partial charge in [0.25, 0.3) is 0 Å². The van der Waals surface area contributed by atoms with E-state index >= 15 is 0 Å². The molecular weight excluding hydrogens is 232 g/mol. The molecule has 0 aliphatic heterocycles. The Labute approximate surface area is 109 Å². The zero-order valence-electron chi connectivity index (χ0n) is 12.0. The first kappa shape index (κ1) is 15.0. The Bertz CT molecular complexity index is 374. The zero-order chi connectivity index (χ0) is 13.9. The number of aliphatic hydroxyl groups excluding tert-OH is 1. The average molecular weight is 256 g/mol. The van der Waals surface area contributed by atoms with Gasteiger partial charge >= 0.3 is 0 Å². The summed E-state index contributed by atoms with van der Waals surface area (Å²) < 4.78 is 12.4. The summed E-state index contributed by atoms with van der Waals surface area (Å²) >= 11 is 0. The number of rotatable bonds is 6. The van der Waals surface area contributed by atoms with Gasteiger partial charge in [0.15, 0.2) is 5.75 Å². The molecule has 1 rings (SSSR count). The molecule has 1 aromatic rings. The predicted molar refractivity (Wildman–Crippen MR) is 69.8 cm³/mol. The van der Waals surface area contributed by atoms with E-state index in [1.807, 2.05) is 27.7 Å². The predicted octanol–water partition coefficient (Wildman–Crippen LogP) is 2.18. The molecular formula is C13H24N2O3. The zero-order valence-corrected chi connectivity index (χ0v) is 12.0. The van der Waals surface area contributed by atoms with Crippen LogP contribution in [0.1, 0.15) is 45.5 Å². The van der Waals surface area contributed by atoms with E-state index in [9.17, 15) is 5.11 Å². The molecule has 0 aliphatic rings. The van der Waals surface area contributed by atoms with Crippen LogP contribution in [0.4, 0.5) is 0 Å². The molecule has 0 aromatic carbocycles. The molecule has 0 aliphatic carbocycles. The summed E-state index contributed by atoms with van der Waals surface area (Å²) in [6.45, 7) is 8.06. The lowest BCUT2D eigenvalue weighted by Crippen LogP contribution is -2.29. The maximum Gasteiger partial charge on any atom is 0.162 e. The monoisotopic (exact) mass is 256 g/mol. The molecule has 1 aromatic heterocycles. The molecule has 5 nitrogen and oxygen atoms in total. The Kier molecular flexibility index (Phi) is 5.16. The summed E-state index contributed by atoms with van der Waals surface area (Å²) in [5, 5.41) is 14.8. The first-order valence-corrected chi connectivity index (χ1v) is 6.26. The number of methoxy groups -OCH3 is 2. The van der Waals surface area contributed by atoms with E-state index in [1.54, 1.807) is 25.1 Å². The summed E-state index contributed by atoms with van der Waals surface area (Å²) in [5.41, 5.74) is 0.674. The lowest BCUT2D eigenvalue weighted by atomic mass is 9.99. The second kappa shape index (κ2) is 6.20. The van der Waals surface area contributed by atoms with Gasteiger partial charge < -0.3 is 14.6 Å². The number of aromatic nitrogens is 2. The van der Waals surface area contributed by atoms with Crippen molar-refractivity contribution in [3.05, 3.63) is 11.9 Å². The number of hydrogen-bond acceptors (Lipinski definition) is 4. The number of aliphatic hydroxyl groups is 1. The highest BCUT2D eigenvalue weighted by Gasteiger charge is 2.30. The first-order chi connectivity index (χ1) is 8.43. The van der Waals surface area contributed by atoms with Gasteiger partial charge in [0.2, 0.25) is 0 Å². The van der Waals surface area contributed by atoms with E-state index in [0.29, 0.717) is 11.4 Å². The van der Waals surface area contributed by atoms with Gasteiger partial charge in [-0.1, -0.05) is 13.8 Å². The van der Waals surface area contributed by atoms with Crippen molar-refractivity contribution >= 4 is 0 Å². The van der Waals surface area contributed by atoms with E-state index < -0.39 is 6.10 Å². The fourth-order valence-electron chi connectivity index (χ4n) is 2.13. The fourth-order valence-corrected chi connectivity index (χ4v) is 2.13. The molecule has 0 fully saturated rings. The molecule has 1 N–H and O–H groups in total. The van der Waals surface area contributed by atoms with E-state index in [2.05, 4.69) is 5.10 Å². The molecule has 0 saturated carbocycles. The van der Waals surface area contributed by atoms with Crippen LogP contribution in [0.2, 0.25) is 0 Å². The smallest absolute Gasteiger partial charge is 0.162 e. The standard InChI is InChI=1S/C13H24N2O3/c1-8(2)13(18-6)12(16)11-10(17-5)7-14-15(11)9(3)4/h7-9,12-13,16H,1-6H3. The summed E-state index contributed by atoms with van der Waals surface area (Å²) in [6.07, 6.45) is 0.592. The number of nitrogens with zero attached hydrogens (tertiary/aromatic N) is 2. The highest BCUT2D eigenvalue weighted by molar-refractivity contribution is 5.28. The van der Waals surface area contributed by atoms with Gasteiger partial charge in [-0.2, -0.15) is 5.10 Å². The lowest BCUT2D eigenvalue weighted by molar-refractivity contribution is -0.0440. The van der Waals surface area contributed by atoms with Crippen molar-refractivity contribution in [2.24, 2.45) is 5.92 Å². The molecule has 2 atom stereocenters. The van der Waals surface area contributed by atoms with Gasteiger partial charge in [0.1, 0.15) is 11.8 Å². The normalized spacial score (nSPS) is 15.2. The average Bonchev–Trinajstić information content (AvgIpc) is 2.72. The van der Waals surface area contributed by atoms with E-state index in [1.165, 1.54) is 0 Å². The van der Waals surface area contributed by atoms with Crippen molar-refractivity contribution in [1.29, 1.82) is 0 Å². The maximum atomic E-state index is 10.5. The third-order valence-corrected chi connectivity index (χ3v) is 3.03. The molecule has 2 unspecified atom stereocenters. The van der Waals surface area contributed by atoms with E-state index in [4.69, 9.17) is 9.47 Å². The van der Waals surface area contributed by atoms with Crippen molar-refractivity contribution < 1.29 is 14.6 Å². The Morgan fingerprint density at radius 3 is 2.22 bits per heavy atom. The summed E-state index contributed by atoms with van der Waals surface area (Å²) in [4.78, 5) is 0. The second-order valence-corrected chi connectivity index (χ2v) is 5.03. The Balaban J connectivity index is 3.16. The van der Waals surface area contributed by atoms with Crippen LogP contribution in [-0.2, 0) is 4.74 Å². The van der Waals surface area contributed by atoms with Crippen molar-refractivity contribution in [3.63, 3.8) is 0 Å². The minimum absolute atomic E-state index is 0.156.